The summed E-state index contributed by atoms with van der Waals surface area (Å²) < 4.78 is 11.7. The van der Waals surface area contributed by atoms with Crippen LogP contribution in [0.25, 0.3) is 22.3 Å². The van der Waals surface area contributed by atoms with E-state index in [9.17, 15) is 4.79 Å². The molecule has 0 bridgehead atoms. The molecule has 2 heterocycles. The van der Waals surface area contributed by atoms with Gasteiger partial charge in [0.05, 0.1) is 11.5 Å². The van der Waals surface area contributed by atoms with Crippen molar-refractivity contribution in [3.05, 3.63) is 69.9 Å². The van der Waals surface area contributed by atoms with Crippen LogP contribution in [-0.4, -0.2) is 6.10 Å². The third kappa shape index (κ3) is 1.97. The van der Waals surface area contributed by atoms with Gasteiger partial charge in [0.2, 0.25) is 0 Å². The number of ether oxygens (including phenoxy) is 1. The summed E-state index contributed by atoms with van der Waals surface area (Å²) in [7, 11) is 0. The fraction of sp³-hybridized carbons (Fsp3) is 0.211. The maximum atomic E-state index is 12.7. The molecule has 0 N–H and O–H groups in total. The van der Waals surface area contributed by atoms with Crippen molar-refractivity contribution in [3.63, 3.8) is 0 Å². The summed E-state index contributed by atoms with van der Waals surface area (Å²) in [5.41, 5.74) is 3.18. The number of fused-ring (bicyclic) bond motifs is 1. The Balaban J connectivity index is 2.03. The lowest BCUT2D eigenvalue weighted by molar-refractivity contribution is 0.382. The minimum atomic E-state index is 0.0234. The van der Waals surface area contributed by atoms with Gasteiger partial charge in [0, 0.05) is 16.7 Å². The van der Waals surface area contributed by atoms with E-state index in [1.54, 1.807) is 0 Å². The van der Waals surface area contributed by atoms with Crippen molar-refractivity contribution in [2.75, 3.05) is 0 Å². The van der Waals surface area contributed by atoms with Crippen molar-refractivity contribution in [3.8, 4) is 11.3 Å². The van der Waals surface area contributed by atoms with Crippen LogP contribution in [0.3, 0.4) is 0 Å². The molecular weight excluding hydrogens is 276 g/mol. The molecule has 22 heavy (non-hydrogen) atoms. The topological polar surface area (TPSA) is 42.7 Å². The first-order valence-electron chi connectivity index (χ1n) is 7.44. The maximum absolute atomic E-state index is 12.7. The Hall–Kier alpha value is -2.39. The van der Waals surface area contributed by atoms with Crippen LogP contribution in [0.4, 0.5) is 0 Å². The second-order valence-electron chi connectivity index (χ2n) is 5.74. The molecule has 1 saturated heterocycles. The number of para-hydroxylation sites is 1. The van der Waals surface area contributed by atoms with Gasteiger partial charge in [-0.3, -0.25) is 4.79 Å². The standard InChI is InChI=1S/C19H16O3/c1-11-16(20)14-9-6-10-15(18-12(2)21-18)19(14)22-17(11)13-7-4-3-5-8-13/h3-10,12,18H,1-2H3. The Kier molecular flexibility index (Phi) is 2.91. The lowest BCUT2D eigenvalue weighted by Gasteiger charge is -2.09. The number of epoxide rings is 1. The second kappa shape index (κ2) is 4.82. The van der Waals surface area contributed by atoms with E-state index in [-0.39, 0.29) is 17.6 Å². The molecule has 1 aliphatic rings. The fourth-order valence-corrected chi connectivity index (χ4v) is 2.93. The minimum Gasteiger partial charge on any atom is -0.455 e. The summed E-state index contributed by atoms with van der Waals surface area (Å²) in [6, 6.07) is 15.4. The van der Waals surface area contributed by atoms with Gasteiger partial charge < -0.3 is 9.15 Å². The van der Waals surface area contributed by atoms with Gasteiger partial charge in [-0.15, -0.1) is 0 Å². The minimum absolute atomic E-state index is 0.0234. The summed E-state index contributed by atoms with van der Waals surface area (Å²) in [5, 5.41) is 0.623. The van der Waals surface area contributed by atoms with Crippen LogP contribution in [0.2, 0.25) is 0 Å². The number of hydrogen-bond acceptors (Lipinski definition) is 3. The summed E-state index contributed by atoms with van der Waals surface area (Å²) in [6.07, 6.45) is 0.204. The number of hydrogen-bond donors (Lipinski definition) is 0. The highest BCUT2D eigenvalue weighted by atomic mass is 16.6. The monoisotopic (exact) mass is 292 g/mol. The lowest BCUT2D eigenvalue weighted by Crippen LogP contribution is -2.08. The predicted octanol–water partition coefficient (Wildman–Crippen LogP) is 4.23. The molecule has 3 aromatic rings. The van der Waals surface area contributed by atoms with Gasteiger partial charge in [-0.05, 0) is 19.9 Å². The summed E-state index contributed by atoms with van der Waals surface area (Å²) >= 11 is 0. The van der Waals surface area contributed by atoms with Crippen molar-refractivity contribution in [1.29, 1.82) is 0 Å². The zero-order valence-electron chi connectivity index (χ0n) is 12.5. The average molecular weight is 292 g/mol. The SMILES string of the molecule is Cc1c(-c2ccccc2)oc2c(C3OC3C)cccc2c1=O. The highest BCUT2D eigenvalue weighted by Crippen LogP contribution is 2.41. The Morgan fingerprint density at radius 3 is 2.41 bits per heavy atom. The maximum Gasteiger partial charge on any atom is 0.196 e. The third-order valence-corrected chi connectivity index (χ3v) is 4.23. The third-order valence-electron chi connectivity index (χ3n) is 4.23. The molecule has 0 spiro atoms. The predicted molar refractivity (Wildman–Crippen MR) is 85.9 cm³/mol. The van der Waals surface area contributed by atoms with E-state index >= 15 is 0 Å². The molecule has 0 aliphatic carbocycles. The van der Waals surface area contributed by atoms with E-state index in [4.69, 9.17) is 9.15 Å². The zero-order valence-corrected chi connectivity index (χ0v) is 12.5. The van der Waals surface area contributed by atoms with E-state index in [1.165, 1.54) is 0 Å². The summed E-state index contributed by atoms with van der Waals surface area (Å²) in [6.45, 7) is 3.84. The molecule has 110 valence electrons. The van der Waals surface area contributed by atoms with Gasteiger partial charge in [-0.1, -0.05) is 42.5 Å². The van der Waals surface area contributed by atoms with Gasteiger partial charge in [0.25, 0.3) is 0 Å². The first kappa shape index (κ1) is 13.3. The molecule has 1 aliphatic heterocycles. The fourth-order valence-electron chi connectivity index (χ4n) is 2.93. The van der Waals surface area contributed by atoms with Crippen LogP contribution in [0.1, 0.15) is 24.2 Å². The Labute approximate surface area is 128 Å². The molecule has 0 radical (unpaired) electrons. The quantitative estimate of drug-likeness (QED) is 0.664. The first-order chi connectivity index (χ1) is 10.7. The van der Waals surface area contributed by atoms with Crippen LogP contribution in [0, 0.1) is 6.92 Å². The Morgan fingerprint density at radius 1 is 1.00 bits per heavy atom. The van der Waals surface area contributed by atoms with Crippen molar-refractivity contribution < 1.29 is 9.15 Å². The first-order valence-corrected chi connectivity index (χ1v) is 7.44. The van der Waals surface area contributed by atoms with Crippen LogP contribution in [0.15, 0.2) is 57.7 Å². The molecule has 1 fully saturated rings. The zero-order chi connectivity index (χ0) is 15.3. The van der Waals surface area contributed by atoms with Crippen molar-refractivity contribution >= 4 is 11.0 Å². The molecule has 2 aromatic carbocycles. The lowest BCUT2D eigenvalue weighted by atomic mass is 10.0. The van der Waals surface area contributed by atoms with Gasteiger partial charge in [0.15, 0.2) is 5.43 Å². The molecule has 4 rings (SSSR count). The van der Waals surface area contributed by atoms with E-state index in [0.29, 0.717) is 22.3 Å². The van der Waals surface area contributed by atoms with Crippen LogP contribution >= 0.6 is 0 Å². The average Bonchev–Trinajstić information content (AvgIpc) is 3.28. The van der Waals surface area contributed by atoms with Crippen LogP contribution < -0.4 is 5.43 Å². The van der Waals surface area contributed by atoms with E-state index in [1.807, 2.05) is 62.4 Å². The van der Waals surface area contributed by atoms with Crippen molar-refractivity contribution in [1.82, 2.24) is 0 Å². The van der Waals surface area contributed by atoms with Crippen molar-refractivity contribution in [2.24, 2.45) is 0 Å². The molecular formula is C19H16O3. The van der Waals surface area contributed by atoms with E-state index < -0.39 is 0 Å². The van der Waals surface area contributed by atoms with E-state index in [0.717, 1.165) is 11.1 Å². The van der Waals surface area contributed by atoms with Crippen LogP contribution in [0.5, 0.6) is 0 Å². The van der Waals surface area contributed by atoms with Gasteiger partial charge >= 0.3 is 0 Å². The van der Waals surface area contributed by atoms with Gasteiger partial charge in [-0.25, -0.2) is 0 Å². The normalized spacial score (nSPS) is 20.3. The smallest absolute Gasteiger partial charge is 0.196 e. The van der Waals surface area contributed by atoms with Crippen molar-refractivity contribution in [2.45, 2.75) is 26.1 Å². The highest BCUT2D eigenvalue weighted by molar-refractivity contribution is 5.83. The Morgan fingerprint density at radius 2 is 1.73 bits per heavy atom. The molecule has 3 nitrogen and oxygen atoms in total. The highest BCUT2D eigenvalue weighted by Gasteiger charge is 2.38. The molecule has 0 saturated carbocycles. The molecule has 3 heteroatoms. The van der Waals surface area contributed by atoms with E-state index in [2.05, 4.69) is 0 Å². The molecule has 1 aromatic heterocycles. The van der Waals surface area contributed by atoms with Gasteiger partial charge in [-0.2, -0.15) is 0 Å². The summed E-state index contributed by atoms with van der Waals surface area (Å²) in [5.74, 6) is 0.638. The molecule has 2 atom stereocenters. The summed E-state index contributed by atoms with van der Waals surface area (Å²) in [4.78, 5) is 12.7. The Bertz CT molecular complexity index is 909. The number of rotatable bonds is 2. The van der Waals surface area contributed by atoms with Crippen LogP contribution in [-0.2, 0) is 4.74 Å². The van der Waals surface area contributed by atoms with Gasteiger partial charge in [0.1, 0.15) is 17.4 Å². The molecule has 0 amide bonds. The largest absolute Gasteiger partial charge is 0.455 e. The molecule has 2 unspecified atom stereocenters. The second-order valence-corrected chi connectivity index (χ2v) is 5.74. The number of benzene rings is 2.